The van der Waals surface area contributed by atoms with Crippen LogP contribution >= 0.6 is 11.6 Å². The summed E-state index contributed by atoms with van der Waals surface area (Å²) in [4.78, 5) is 0.245. The molecule has 5 nitrogen and oxygen atoms in total. The molecule has 0 saturated heterocycles. The second kappa shape index (κ2) is 5.59. The van der Waals surface area contributed by atoms with Gasteiger partial charge in [0, 0.05) is 25.7 Å². The van der Waals surface area contributed by atoms with Crippen molar-refractivity contribution in [3.05, 3.63) is 12.4 Å². The van der Waals surface area contributed by atoms with E-state index in [0.29, 0.717) is 24.9 Å². The summed E-state index contributed by atoms with van der Waals surface area (Å²) in [5.74, 6) is 0.932. The molecule has 0 unspecified atom stereocenters. The lowest BCUT2D eigenvalue weighted by Crippen LogP contribution is -2.34. The number of hydrogen-bond donors (Lipinski definition) is 0. The van der Waals surface area contributed by atoms with Crippen LogP contribution < -0.4 is 0 Å². The van der Waals surface area contributed by atoms with Crippen molar-refractivity contribution < 1.29 is 8.42 Å². The Bertz CT molecular complexity index is 496. The van der Waals surface area contributed by atoms with E-state index in [9.17, 15) is 8.42 Å². The Labute approximate surface area is 113 Å². The highest BCUT2D eigenvalue weighted by atomic mass is 35.5. The Hall–Kier alpha value is -0.590. The Morgan fingerprint density at radius 3 is 2.83 bits per heavy atom. The van der Waals surface area contributed by atoms with Crippen LogP contribution in [0.3, 0.4) is 0 Å². The second-order valence-electron chi connectivity index (χ2n) is 4.71. The first-order chi connectivity index (χ1) is 8.54. The molecule has 102 valence electrons. The van der Waals surface area contributed by atoms with E-state index in [0.717, 1.165) is 12.8 Å². The van der Waals surface area contributed by atoms with Gasteiger partial charge < -0.3 is 0 Å². The third-order valence-electron chi connectivity index (χ3n) is 3.37. The van der Waals surface area contributed by atoms with Crippen molar-refractivity contribution in [2.45, 2.75) is 30.7 Å². The zero-order valence-corrected chi connectivity index (χ0v) is 12.0. The number of sulfonamides is 1. The Morgan fingerprint density at radius 2 is 2.28 bits per heavy atom. The fourth-order valence-electron chi connectivity index (χ4n) is 2.00. The van der Waals surface area contributed by atoms with Gasteiger partial charge in [-0.2, -0.15) is 5.10 Å². The highest BCUT2D eigenvalue weighted by Crippen LogP contribution is 2.28. The maximum Gasteiger partial charge on any atom is 0.245 e. The van der Waals surface area contributed by atoms with E-state index < -0.39 is 10.0 Å². The highest BCUT2D eigenvalue weighted by Gasteiger charge is 2.27. The van der Waals surface area contributed by atoms with Gasteiger partial charge in [0.05, 0.1) is 12.7 Å². The van der Waals surface area contributed by atoms with Crippen LogP contribution in [-0.4, -0.2) is 42.0 Å². The smallest absolute Gasteiger partial charge is 0.245 e. The van der Waals surface area contributed by atoms with E-state index in [4.69, 9.17) is 11.6 Å². The summed E-state index contributed by atoms with van der Waals surface area (Å²) < 4.78 is 27.5. The van der Waals surface area contributed by atoms with Crippen LogP contribution in [0.1, 0.15) is 19.3 Å². The fraction of sp³-hybridized carbons (Fsp3) is 0.727. The summed E-state index contributed by atoms with van der Waals surface area (Å²) in [5.41, 5.74) is 0. The zero-order chi connectivity index (χ0) is 13.2. The molecule has 0 aromatic carbocycles. The molecule has 0 radical (unpaired) electrons. The monoisotopic (exact) mass is 291 g/mol. The predicted molar refractivity (Wildman–Crippen MR) is 70.1 cm³/mol. The van der Waals surface area contributed by atoms with Gasteiger partial charge in [-0.25, -0.2) is 12.7 Å². The fourth-order valence-corrected chi connectivity index (χ4v) is 3.38. The maximum atomic E-state index is 12.3. The van der Waals surface area contributed by atoms with Gasteiger partial charge in [-0.1, -0.05) is 6.42 Å². The third-order valence-corrected chi connectivity index (χ3v) is 5.32. The first-order valence-corrected chi connectivity index (χ1v) is 8.06. The van der Waals surface area contributed by atoms with Crippen molar-refractivity contribution in [3.63, 3.8) is 0 Å². The van der Waals surface area contributed by atoms with Gasteiger partial charge in [0.15, 0.2) is 0 Å². The number of rotatable bonds is 6. The molecular weight excluding hydrogens is 274 g/mol. The molecule has 18 heavy (non-hydrogen) atoms. The van der Waals surface area contributed by atoms with Crippen LogP contribution in [0, 0.1) is 5.92 Å². The summed E-state index contributed by atoms with van der Waals surface area (Å²) >= 11 is 5.60. The van der Waals surface area contributed by atoms with Crippen LogP contribution in [0.4, 0.5) is 0 Å². The topological polar surface area (TPSA) is 55.2 Å². The van der Waals surface area contributed by atoms with E-state index in [-0.39, 0.29) is 4.90 Å². The van der Waals surface area contributed by atoms with Gasteiger partial charge in [-0.3, -0.25) is 4.68 Å². The van der Waals surface area contributed by atoms with E-state index in [2.05, 4.69) is 5.10 Å². The first-order valence-electron chi connectivity index (χ1n) is 6.09. The molecule has 0 spiro atoms. The quantitative estimate of drug-likeness (QED) is 0.747. The van der Waals surface area contributed by atoms with Crippen LogP contribution in [0.15, 0.2) is 17.3 Å². The van der Waals surface area contributed by atoms with Crippen LogP contribution in [0.2, 0.25) is 0 Å². The summed E-state index contributed by atoms with van der Waals surface area (Å²) in [5, 5.41) is 3.99. The molecule has 1 heterocycles. The minimum atomic E-state index is -3.40. The Kier molecular flexibility index (Phi) is 4.29. The summed E-state index contributed by atoms with van der Waals surface area (Å²) in [6, 6.07) is 0. The maximum absolute atomic E-state index is 12.3. The zero-order valence-electron chi connectivity index (χ0n) is 10.4. The number of aryl methyl sites for hydroxylation is 1. The minimum absolute atomic E-state index is 0.245. The van der Waals surface area contributed by atoms with Crippen molar-refractivity contribution in [1.29, 1.82) is 0 Å². The molecule has 0 aliphatic heterocycles. The van der Waals surface area contributed by atoms with E-state index in [1.165, 1.54) is 23.1 Å². The molecular formula is C11H18ClN3O2S. The van der Waals surface area contributed by atoms with Gasteiger partial charge in [0.1, 0.15) is 4.90 Å². The number of hydrogen-bond acceptors (Lipinski definition) is 3. The van der Waals surface area contributed by atoms with Gasteiger partial charge in [0.25, 0.3) is 0 Å². The van der Waals surface area contributed by atoms with Gasteiger partial charge >= 0.3 is 0 Å². The molecule has 0 amide bonds. The molecule has 0 N–H and O–H groups in total. The Balaban J connectivity index is 2.07. The molecule has 0 atom stereocenters. The van der Waals surface area contributed by atoms with Crippen molar-refractivity contribution in [1.82, 2.24) is 14.1 Å². The average Bonchev–Trinajstić information content (AvgIpc) is 2.72. The molecule has 1 aliphatic rings. The third kappa shape index (κ3) is 2.87. The minimum Gasteiger partial charge on any atom is -0.270 e. The average molecular weight is 292 g/mol. The number of nitrogens with zero attached hydrogens (tertiary/aromatic N) is 3. The molecule has 1 aromatic rings. The van der Waals surface area contributed by atoms with E-state index in [1.807, 2.05) is 0 Å². The Morgan fingerprint density at radius 1 is 1.56 bits per heavy atom. The predicted octanol–water partition coefficient (Wildman–Crippen LogP) is 1.54. The lowest BCUT2D eigenvalue weighted by molar-refractivity contribution is 0.263. The second-order valence-corrected chi connectivity index (χ2v) is 7.13. The number of aromatic nitrogens is 2. The number of halogens is 1. The largest absolute Gasteiger partial charge is 0.270 e. The van der Waals surface area contributed by atoms with Crippen molar-refractivity contribution in [3.8, 4) is 0 Å². The molecule has 7 heteroatoms. The first kappa shape index (κ1) is 13.8. The van der Waals surface area contributed by atoms with Crippen LogP contribution in [0.5, 0.6) is 0 Å². The summed E-state index contributed by atoms with van der Waals surface area (Å²) in [6.07, 6.45) is 6.40. The standard InChI is InChI=1S/C11H18ClN3O2S/c1-14(8-10-3-2-4-10)18(16,17)11-7-13-15(9-11)6-5-12/h7,9-10H,2-6,8H2,1H3. The molecule has 0 bridgehead atoms. The van der Waals surface area contributed by atoms with E-state index >= 15 is 0 Å². The summed E-state index contributed by atoms with van der Waals surface area (Å²) in [7, 11) is -1.77. The van der Waals surface area contributed by atoms with Crippen LogP contribution in [0.25, 0.3) is 0 Å². The van der Waals surface area contributed by atoms with E-state index in [1.54, 1.807) is 11.7 Å². The van der Waals surface area contributed by atoms with Crippen molar-refractivity contribution in [2.24, 2.45) is 5.92 Å². The normalized spacial score (nSPS) is 17.1. The lowest BCUT2D eigenvalue weighted by Gasteiger charge is -2.29. The highest BCUT2D eigenvalue weighted by molar-refractivity contribution is 7.89. The SMILES string of the molecule is CN(CC1CCC1)S(=O)(=O)c1cnn(CCCl)c1. The molecule has 1 aliphatic carbocycles. The van der Waals surface area contributed by atoms with Gasteiger partial charge in [-0.05, 0) is 18.8 Å². The molecule has 1 fully saturated rings. The van der Waals surface area contributed by atoms with Gasteiger partial charge in [-0.15, -0.1) is 11.6 Å². The van der Waals surface area contributed by atoms with Crippen molar-refractivity contribution >= 4 is 21.6 Å². The summed E-state index contributed by atoms with van der Waals surface area (Å²) in [6.45, 7) is 1.12. The van der Waals surface area contributed by atoms with Crippen molar-refractivity contribution in [2.75, 3.05) is 19.5 Å². The molecule has 1 saturated carbocycles. The molecule has 2 rings (SSSR count). The van der Waals surface area contributed by atoms with Crippen LogP contribution in [-0.2, 0) is 16.6 Å². The lowest BCUT2D eigenvalue weighted by atomic mass is 9.86. The number of alkyl halides is 1. The molecule has 1 aromatic heterocycles. The van der Waals surface area contributed by atoms with Gasteiger partial charge in [0.2, 0.25) is 10.0 Å².